The molecule has 1 saturated heterocycles. The van der Waals surface area contributed by atoms with Crippen LogP contribution in [0.1, 0.15) is 25.3 Å². The molecule has 206 valence electrons. The zero-order valence-corrected chi connectivity index (χ0v) is 22.9. The Morgan fingerprint density at radius 1 is 1.15 bits per heavy atom. The van der Waals surface area contributed by atoms with Gasteiger partial charge in [0.2, 0.25) is 11.7 Å². The van der Waals surface area contributed by atoms with Crippen molar-refractivity contribution in [2.24, 2.45) is 0 Å². The molecule has 0 saturated carbocycles. The minimum atomic E-state index is -4.17. The lowest BCUT2D eigenvalue weighted by molar-refractivity contribution is 0.122. The summed E-state index contributed by atoms with van der Waals surface area (Å²) in [6.07, 6.45) is 3.11. The van der Waals surface area contributed by atoms with Gasteiger partial charge in [-0.15, -0.1) is 5.73 Å². The van der Waals surface area contributed by atoms with E-state index in [9.17, 15) is 8.42 Å². The first-order chi connectivity index (χ1) is 18.8. The molecule has 1 aliphatic rings. The number of nitrogens with zero attached hydrogens (tertiary/aromatic N) is 4. The number of pyridine rings is 1. The van der Waals surface area contributed by atoms with E-state index in [0.717, 1.165) is 5.56 Å². The van der Waals surface area contributed by atoms with Gasteiger partial charge in [-0.05, 0) is 35.8 Å². The summed E-state index contributed by atoms with van der Waals surface area (Å²) >= 11 is 0. The van der Waals surface area contributed by atoms with Crippen LogP contribution in [0.4, 0.5) is 11.8 Å². The van der Waals surface area contributed by atoms with Gasteiger partial charge in [0.05, 0.1) is 20.3 Å². The van der Waals surface area contributed by atoms with Gasteiger partial charge in [0.25, 0.3) is 15.9 Å². The maximum atomic E-state index is 13.5. The minimum absolute atomic E-state index is 0.0183. The second-order valence-corrected chi connectivity index (χ2v) is 10.4. The predicted octanol–water partition coefficient (Wildman–Crippen LogP) is 4.15. The molecule has 3 heterocycles. The van der Waals surface area contributed by atoms with Crippen LogP contribution in [0.3, 0.4) is 0 Å². The lowest BCUT2D eigenvalue weighted by atomic mass is 10.1. The first-order valence-electron chi connectivity index (χ1n) is 12.3. The van der Waals surface area contributed by atoms with Crippen molar-refractivity contribution in [3.8, 4) is 23.1 Å². The molecule has 4 rings (SSSR count). The number of hydrogen-bond acceptors (Lipinski definition) is 10. The van der Waals surface area contributed by atoms with E-state index in [-0.39, 0.29) is 40.9 Å². The Bertz CT molecular complexity index is 1430. The Hall–Kier alpha value is -4.12. The molecule has 0 aliphatic carbocycles. The van der Waals surface area contributed by atoms with E-state index in [1.54, 1.807) is 42.6 Å². The van der Waals surface area contributed by atoms with Crippen LogP contribution in [0.5, 0.6) is 23.1 Å². The van der Waals surface area contributed by atoms with Crippen LogP contribution >= 0.6 is 0 Å². The smallest absolute Gasteiger partial charge is 0.280 e. The fourth-order valence-electron chi connectivity index (χ4n) is 3.65. The van der Waals surface area contributed by atoms with E-state index in [0.29, 0.717) is 37.8 Å². The van der Waals surface area contributed by atoms with Gasteiger partial charge in [-0.1, -0.05) is 38.6 Å². The number of ether oxygens (including phenoxy) is 4. The topological polar surface area (TPSA) is 125 Å². The number of morpholine rings is 1. The molecule has 1 N–H and O–H groups in total. The molecule has 1 aromatic carbocycles. The Labute approximate surface area is 228 Å². The standard InChI is InChI=1S/C27H31N5O6S/c1-5-6-15-37-26-24(38-22-10-8-7-9-21(22)35-4)25(29-27(30-26)32-13-16-36-17-14-32)31-39(33,34)23-12-11-20(18-28-23)19(2)3/h6-12,18-19H,1,13-17H2,2-4H3,(H,29,30,31). The zero-order chi connectivity index (χ0) is 27.8. The van der Waals surface area contributed by atoms with Gasteiger partial charge in [0.15, 0.2) is 22.3 Å². The molecule has 12 heteroatoms. The van der Waals surface area contributed by atoms with E-state index in [2.05, 4.69) is 32.0 Å². The van der Waals surface area contributed by atoms with E-state index in [1.807, 2.05) is 18.7 Å². The van der Waals surface area contributed by atoms with Crippen molar-refractivity contribution >= 4 is 21.8 Å². The van der Waals surface area contributed by atoms with Gasteiger partial charge >= 0.3 is 0 Å². The number of aromatic nitrogens is 3. The van der Waals surface area contributed by atoms with Crippen LogP contribution in [-0.2, 0) is 14.8 Å². The molecular formula is C27H31N5O6S. The highest BCUT2D eigenvalue weighted by Gasteiger charge is 2.27. The van der Waals surface area contributed by atoms with Crippen molar-refractivity contribution in [2.75, 3.05) is 49.6 Å². The highest BCUT2D eigenvalue weighted by molar-refractivity contribution is 7.92. The lowest BCUT2D eigenvalue weighted by Gasteiger charge is -2.28. The molecule has 0 spiro atoms. The fraction of sp³-hybridized carbons (Fsp3) is 0.333. The molecule has 1 aliphatic heterocycles. The molecule has 39 heavy (non-hydrogen) atoms. The second-order valence-electron chi connectivity index (χ2n) is 8.77. The van der Waals surface area contributed by atoms with E-state index < -0.39 is 10.0 Å². The summed E-state index contributed by atoms with van der Waals surface area (Å²) in [5.74, 6) is 1.04. The third kappa shape index (κ3) is 6.85. The number of anilines is 2. The number of hydrogen-bond donors (Lipinski definition) is 1. The quantitative estimate of drug-likeness (QED) is 0.346. The summed E-state index contributed by atoms with van der Waals surface area (Å²) in [7, 11) is -2.66. The Morgan fingerprint density at radius 2 is 1.90 bits per heavy atom. The Kier molecular flexibility index (Phi) is 9.03. The third-order valence-corrected chi connectivity index (χ3v) is 7.03. The van der Waals surface area contributed by atoms with Gasteiger partial charge in [0.1, 0.15) is 6.61 Å². The highest BCUT2D eigenvalue weighted by atomic mass is 32.2. The average Bonchev–Trinajstić information content (AvgIpc) is 2.95. The summed E-state index contributed by atoms with van der Waals surface area (Å²) < 4.78 is 52.3. The van der Waals surface area contributed by atoms with Crippen molar-refractivity contribution in [1.82, 2.24) is 15.0 Å². The van der Waals surface area contributed by atoms with Crippen LogP contribution in [0.2, 0.25) is 0 Å². The van der Waals surface area contributed by atoms with Gasteiger partial charge in [-0.3, -0.25) is 4.72 Å². The van der Waals surface area contributed by atoms with Crippen molar-refractivity contribution in [3.05, 3.63) is 66.5 Å². The number of methoxy groups -OCH3 is 1. The number of rotatable bonds is 11. The van der Waals surface area contributed by atoms with Gasteiger partial charge < -0.3 is 23.8 Å². The maximum absolute atomic E-state index is 13.5. The van der Waals surface area contributed by atoms with Crippen molar-refractivity contribution in [3.63, 3.8) is 0 Å². The normalized spacial score (nSPS) is 13.5. The van der Waals surface area contributed by atoms with Gasteiger partial charge in [-0.2, -0.15) is 18.4 Å². The van der Waals surface area contributed by atoms with Crippen molar-refractivity contribution in [1.29, 1.82) is 0 Å². The molecule has 0 radical (unpaired) electrons. The van der Waals surface area contributed by atoms with Crippen LogP contribution < -0.4 is 23.8 Å². The van der Waals surface area contributed by atoms with Crippen molar-refractivity contribution in [2.45, 2.75) is 24.8 Å². The SMILES string of the molecule is C=C=CCOc1nc(N2CCOCC2)nc(NS(=O)(=O)c2ccc(C(C)C)cn2)c1Oc1ccccc1OC. The summed E-state index contributed by atoms with van der Waals surface area (Å²) in [5, 5.41) is -0.168. The number of benzene rings is 1. The monoisotopic (exact) mass is 553 g/mol. The largest absolute Gasteiger partial charge is 0.493 e. The second kappa shape index (κ2) is 12.6. The fourth-order valence-corrected chi connectivity index (χ4v) is 4.58. The number of para-hydroxylation sites is 2. The highest BCUT2D eigenvalue weighted by Crippen LogP contribution is 2.41. The summed E-state index contributed by atoms with van der Waals surface area (Å²) in [6.45, 7) is 9.61. The molecule has 3 aromatic rings. The first kappa shape index (κ1) is 27.9. The van der Waals surface area contributed by atoms with Crippen molar-refractivity contribution < 1.29 is 27.4 Å². The van der Waals surface area contributed by atoms with Gasteiger partial charge in [-0.25, -0.2) is 4.98 Å². The lowest BCUT2D eigenvalue weighted by Crippen LogP contribution is -2.37. The average molecular weight is 554 g/mol. The molecule has 11 nitrogen and oxygen atoms in total. The molecule has 0 bridgehead atoms. The Morgan fingerprint density at radius 3 is 2.54 bits per heavy atom. The molecule has 0 atom stereocenters. The summed E-state index contributed by atoms with van der Waals surface area (Å²) in [5.41, 5.74) is 3.55. The predicted molar refractivity (Wildman–Crippen MR) is 146 cm³/mol. The molecular weight excluding hydrogens is 522 g/mol. The maximum Gasteiger partial charge on any atom is 0.280 e. The minimum Gasteiger partial charge on any atom is -0.493 e. The van der Waals surface area contributed by atoms with Gasteiger partial charge in [0, 0.05) is 19.3 Å². The summed E-state index contributed by atoms with van der Waals surface area (Å²) in [4.78, 5) is 15.2. The van der Waals surface area contributed by atoms with E-state index in [4.69, 9.17) is 18.9 Å². The first-order valence-corrected chi connectivity index (χ1v) is 13.8. The van der Waals surface area contributed by atoms with Crippen LogP contribution in [-0.4, -0.2) is 63.4 Å². The molecule has 0 unspecified atom stereocenters. The summed E-state index contributed by atoms with van der Waals surface area (Å²) in [6, 6.07) is 10.1. The number of sulfonamides is 1. The van der Waals surface area contributed by atoms with E-state index >= 15 is 0 Å². The molecule has 0 amide bonds. The Balaban J connectivity index is 1.82. The van der Waals surface area contributed by atoms with E-state index in [1.165, 1.54) is 13.2 Å². The number of nitrogens with one attached hydrogen (secondary N) is 1. The van der Waals surface area contributed by atoms with Crippen LogP contribution in [0.15, 0.2) is 66.0 Å². The zero-order valence-electron chi connectivity index (χ0n) is 22.1. The van der Waals surface area contributed by atoms with Crippen LogP contribution in [0, 0.1) is 0 Å². The molecule has 2 aromatic heterocycles. The molecule has 1 fully saturated rings. The van der Waals surface area contributed by atoms with Crippen LogP contribution in [0.25, 0.3) is 0 Å². The third-order valence-electron chi connectivity index (χ3n) is 5.78.